The van der Waals surface area contributed by atoms with Crippen LogP contribution in [-0.2, 0) is 6.54 Å². The van der Waals surface area contributed by atoms with Crippen molar-refractivity contribution in [2.75, 3.05) is 6.54 Å². The van der Waals surface area contributed by atoms with E-state index in [1.807, 2.05) is 0 Å². The summed E-state index contributed by atoms with van der Waals surface area (Å²) in [5, 5.41) is 3.47. The van der Waals surface area contributed by atoms with Crippen molar-refractivity contribution in [2.45, 2.75) is 33.7 Å². The van der Waals surface area contributed by atoms with Gasteiger partial charge in [-0.15, -0.1) is 11.3 Å². The number of hydrogen-bond acceptors (Lipinski definition) is 2. The molecule has 0 bridgehead atoms. The number of halogens is 2. The van der Waals surface area contributed by atoms with Crippen LogP contribution in [0, 0.1) is 5.41 Å². The molecular formula is C11H17Br2NS. The molecule has 0 saturated carbocycles. The van der Waals surface area contributed by atoms with Gasteiger partial charge in [0.1, 0.15) is 0 Å². The van der Waals surface area contributed by atoms with Gasteiger partial charge in [0.2, 0.25) is 0 Å². The third-order valence-corrected chi connectivity index (χ3v) is 5.30. The van der Waals surface area contributed by atoms with Gasteiger partial charge in [0.05, 0.1) is 3.79 Å². The molecule has 0 spiro atoms. The highest BCUT2D eigenvalue weighted by Gasteiger charge is 2.09. The predicted molar refractivity (Wildman–Crippen MR) is 75.5 cm³/mol. The number of thiophene rings is 1. The molecule has 1 rings (SSSR count). The lowest BCUT2D eigenvalue weighted by atomic mass is 9.92. The second kappa shape index (κ2) is 5.80. The molecule has 1 aromatic heterocycles. The molecule has 0 aliphatic carbocycles. The van der Waals surface area contributed by atoms with Crippen LogP contribution in [0.25, 0.3) is 0 Å². The summed E-state index contributed by atoms with van der Waals surface area (Å²) in [4.78, 5) is 1.36. The summed E-state index contributed by atoms with van der Waals surface area (Å²) >= 11 is 8.77. The highest BCUT2D eigenvalue weighted by Crippen LogP contribution is 2.32. The van der Waals surface area contributed by atoms with Crippen molar-refractivity contribution in [1.82, 2.24) is 5.32 Å². The topological polar surface area (TPSA) is 12.0 Å². The second-order valence-corrected chi connectivity index (χ2v) is 8.13. The van der Waals surface area contributed by atoms with E-state index in [9.17, 15) is 0 Å². The van der Waals surface area contributed by atoms with Crippen molar-refractivity contribution in [1.29, 1.82) is 0 Å². The summed E-state index contributed by atoms with van der Waals surface area (Å²) < 4.78 is 2.33. The summed E-state index contributed by atoms with van der Waals surface area (Å²) in [6.45, 7) is 8.86. The molecule has 4 heteroatoms. The molecule has 1 heterocycles. The van der Waals surface area contributed by atoms with Crippen LogP contribution in [0.2, 0.25) is 0 Å². The van der Waals surface area contributed by atoms with Gasteiger partial charge in [-0.1, -0.05) is 20.8 Å². The Morgan fingerprint density at radius 3 is 2.47 bits per heavy atom. The molecule has 1 aromatic rings. The zero-order valence-corrected chi connectivity index (χ0v) is 13.4. The third kappa shape index (κ3) is 5.48. The van der Waals surface area contributed by atoms with Gasteiger partial charge in [0.15, 0.2) is 0 Å². The average Bonchev–Trinajstić information content (AvgIpc) is 2.39. The predicted octanol–water partition coefficient (Wildman–Crippen LogP) is 4.80. The van der Waals surface area contributed by atoms with E-state index in [0.717, 1.165) is 17.6 Å². The molecular weight excluding hydrogens is 338 g/mol. The normalized spacial score (nSPS) is 12.1. The van der Waals surface area contributed by atoms with E-state index >= 15 is 0 Å². The highest BCUT2D eigenvalue weighted by atomic mass is 79.9. The third-order valence-electron chi connectivity index (χ3n) is 2.05. The fourth-order valence-electron chi connectivity index (χ4n) is 1.15. The molecule has 0 aromatic carbocycles. The molecule has 15 heavy (non-hydrogen) atoms. The minimum absolute atomic E-state index is 0.420. The van der Waals surface area contributed by atoms with Crippen molar-refractivity contribution in [2.24, 2.45) is 5.41 Å². The number of hydrogen-bond donors (Lipinski definition) is 1. The molecule has 86 valence electrons. The summed E-state index contributed by atoms with van der Waals surface area (Å²) in [5.74, 6) is 0. The first-order valence-electron chi connectivity index (χ1n) is 5.03. The Balaban J connectivity index is 2.26. The van der Waals surface area contributed by atoms with Gasteiger partial charge in [-0.2, -0.15) is 0 Å². The summed E-state index contributed by atoms with van der Waals surface area (Å²) in [6.07, 6.45) is 1.21. The molecule has 1 N–H and O–H groups in total. The molecule has 0 radical (unpaired) electrons. The largest absolute Gasteiger partial charge is 0.312 e. The van der Waals surface area contributed by atoms with Crippen molar-refractivity contribution in [3.05, 3.63) is 19.2 Å². The Labute approximate surface area is 113 Å². The lowest BCUT2D eigenvalue weighted by molar-refractivity contribution is 0.367. The minimum Gasteiger partial charge on any atom is -0.312 e. The van der Waals surface area contributed by atoms with E-state index in [0.29, 0.717) is 5.41 Å². The van der Waals surface area contributed by atoms with E-state index in [1.165, 1.54) is 15.1 Å². The summed E-state index contributed by atoms with van der Waals surface area (Å²) in [5.41, 5.74) is 0.420. The lowest BCUT2D eigenvalue weighted by Crippen LogP contribution is -2.19. The second-order valence-electron chi connectivity index (χ2n) is 4.82. The van der Waals surface area contributed by atoms with Crippen LogP contribution in [0.1, 0.15) is 32.1 Å². The lowest BCUT2D eigenvalue weighted by Gasteiger charge is -2.17. The zero-order valence-electron chi connectivity index (χ0n) is 9.36. The van der Waals surface area contributed by atoms with E-state index in [1.54, 1.807) is 11.3 Å². The molecule has 0 amide bonds. The van der Waals surface area contributed by atoms with Crippen LogP contribution >= 0.6 is 43.2 Å². The first-order chi connectivity index (χ1) is 6.88. The molecule has 1 nitrogen and oxygen atoms in total. The molecule has 0 aliphatic heterocycles. The fraction of sp³-hybridized carbons (Fsp3) is 0.636. The average molecular weight is 355 g/mol. The van der Waals surface area contributed by atoms with Crippen LogP contribution in [0.15, 0.2) is 14.3 Å². The van der Waals surface area contributed by atoms with E-state index in [4.69, 9.17) is 0 Å². The monoisotopic (exact) mass is 353 g/mol. The first kappa shape index (κ1) is 13.7. The maximum atomic E-state index is 3.50. The van der Waals surface area contributed by atoms with Gasteiger partial charge >= 0.3 is 0 Å². The Hall–Kier alpha value is 0.620. The summed E-state index contributed by atoms with van der Waals surface area (Å²) in [6, 6.07) is 2.17. The SMILES string of the molecule is CC(C)(C)CCNCc1cc(Br)c(Br)s1. The van der Waals surface area contributed by atoms with Gasteiger partial charge in [-0.05, 0) is 56.3 Å². The van der Waals surface area contributed by atoms with E-state index in [2.05, 4.69) is 64.0 Å². The fourth-order valence-corrected chi connectivity index (χ4v) is 3.30. The van der Waals surface area contributed by atoms with Crippen LogP contribution in [0.5, 0.6) is 0 Å². The number of rotatable bonds is 4. The van der Waals surface area contributed by atoms with Crippen LogP contribution < -0.4 is 5.32 Å². The van der Waals surface area contributed by atoms with E-state index in [-0.39, 0.29) is 0 Å². The van der Waals surface area contributed by atoms with Crippen molar-refractivity contribution >= 4 is 43.2 Å². The number of nitrogens with one attached hydrogen (secondary N) is 1. The summed E-state index contributed by atoms with van der Waals surface area (Å²) in [7, 11) is 0. The Kier molecular flexibility index (Phi) is 5.29. The standard InChI is InChI=1S/C11H17Br2NS/c1-11(2,3)4-5-14-7-8-6-9(12)10(13)15-8/h6,14H,4-5,7H2,1-3H3. The molecule has 0 aliphatic rings. The maximum Gasteiger partial charge on any atom is 0.0843 e. The van der Waals surface area contributed by atoms with Crippen molar-refractivity contribution in [3.8, 4) is 0 Å². The van der Waals surface area contributed by atoms with Crippen LogP contribution in [0.3, 0.4) is 0 Å². The van der Waals surface area contributed by atoms with Gasteiger partial charge in [0.25, 0.3) is 0 Å². The van der Waals surface area contributed by atoms with Crippen LogP contribution in [-0.4, -0.2) is 6.54 Å². The minimum atomic E-state index is 0.420. The van der Waals surface area contributed by atoms with Gasteiger partial charge in [-0.3, -0.25) is 0 Å². The smallest absolute Gasteiger partial charge is 0.0843 e. The molecule has 0 atom stereocenters. The van der Waals surface area contributed by atoms with Gasteiger partial charge < -0.3 is 5.32 Å². The van der Waals surface area contributed by atoms with Gasteiger partial charge in [-0.25, -0.2) is 0 Å². The van der Waals surface area contributed by atoms with Crippen molar-refractivity contribution < 1.29 is 0 Å². The Morgan fingerprint density at radius 2 is 2.00 bits per heavy atom. The van der Waals surface area contributed by atoms with Gasteiger partial charge in [0, 0.05) is 15.9 Å². The van der Waals surface area contributed by atoms with Crippen LogP contribution in [0.4, 0.5) is 0 Å². The highest BCUT2D eigenvalue weighted by molar-refractivity contribution is 9.13. The quantitative estimate of drug-likeness (QED) is 0.766. The zero-order chi connectivity index (χ0) is 11.5. The van der Waals surface area contributed by atoms with Crippen molar-refractivity contribution in [3.63, 3.8) is 0 Å². The molecule has 0 unspecified atom stereocenters. The van der Waals surface area contributed by atoms with E-state index < -0.39 is 0 Å². The Bertz CT molecular complexity index is 295. The first-order valence-corrected chi connectivity index (χ1v) is 7.43. The molecule has 0 fully saturated rings. The molecule has 0 saturated heterocycles. The maximum absolute atomic E-state index is 3.50. The Morgan fingerprint density at radius 1 is 1.33 bits per heavy atom.